The van der Waals surface area contributed by atoms with Crippen molar-refractivity contribution in [2.75, 3.05) is 5.32 Å². The third-order valence-corrected chi connectivity index (χ3v) is 3.70. The smallest absolute Gasteiger partial charge is 0.325 e. The molecule has 0 atom stereocenters. The monoisotopic (exact) mass is 381 g/mol. The highest BCUT2D eigenvalue weighted by Gasteiger charge is 2.30. The largest absolute Gasteiger partial charge is 0.416 e. The molecular weight excluding hydrogens is 367 g/mol. The first kappa shape index (κ1) is 19.7. The van der Waals surface area contributed by atoms with Crippen molar-refractivity contribution in [2.24, 2.45) is 5.73 Å². The van der Waals surface area contributed by atoms with Gasteiger partial charge in [-0.1, -0.05) is 18.2 Å². The number of fused-ring (bicyclic) bond motifs is 1. The summed E-state index contributed by atoms with van der Waals surface area (Å²) >= 11 is 0. The minimum absolute atomic E-state index is 0. The van der Waals surface area contributed by atoms with Gasteiger partial charge < -0.3 is 11.1 Å². The molecule has 0 saturated heterocycles. The van der Waals surface area contributed by atoms with Gasteiger partial charge >= 0.3 is 6.18 Å². The van der Waals surface area contributed by atoms with E-state index in [4.69, 9.17) is 5.73 Å². The summed E-state index contributed by atoms with van der Waals surface area (Å²) < 4.78 is 37.8. The first-order valence-corrected chi connectivity index (χ1v) is 7.46. The standard InChI is InChI=1S/C18H14F3N3O.ClH/c19-18(20,21)12-5-8-13(9-6-12)24-17(25)15-3-1-2-11-4-7-14(10-22)23-16(11)15;/h1-9H,10,22H2,(H,24,25);1H. The number of nitrogens with two attached hydrogens (primary N) is 1. The number of halogens is 4. The molecule has 1 heterocycles. The fourth-order valence-corrected chi connectivity index (χ4v) is 2.43. The number of amides is 1. The molecule has 0 aliphatic rings. The van der Waals surface area contributed by atoms with E-state index in [1.165, 1.54) is 12.1 Å². The van der Waals surface area contributed by atoms with Gasteiger partial charge in [-0.2, -0.15) is 13.2 Å². The van der Waals surface area contributed by atoms with Crippen molar-refractivity contribution in [1.29, 1.82) is 0 Å². The lowest BCUT2D eigenvalue weighted by molar-refractivity contribution is -0.137. The zero-order chi connectivity index (χ0) is 18.0. The highest BCUT2D eigenvalue weighted by atomic mass is 35.5. The number of hydrogen-bond donors (Lipinski definition) is 2. The van der Waals surface area contributed by atoms with Crippen LogP contribution in [0.15, 0.2) is 54.6 Å². The number of rotatable bonds is 3. The summed E-state index contributed by atoms with van der Waals surface area (Å²) in [7, 11) is 0. The first-order chi connectivity index (χ1) is 11.9. The Labute approximate surface area is 153 Å². The number of nitrogens with zero attached hydrogens (tertiary/aromatic N) is 1. The Balaban J connectivity index is 0.00000243. The maximum Gasteiger partial charge on any atom is 0.416 e. The van der Waals surface area contributed by atoms with Gasteiger partial charge in [-0.25, -0.2) is 0 Å². The lowest BCUT2D eigenvalue weighted by atomic mass is 10.1. The molecule has 3 aromatic rings. The molecule has 0 radical (unpaired) electrons. The van der Waals surface area contributed by atoms with Crippen molar-refractivity contribution in [3.63, 3.8) is 0 Å². The van der Waals surface area contributed by atoms with Crippen LogP contribution in [-0.4, -0.2) is 10.9 Å². The fraction of sp³-hybridized carbons (Fsp3) is 0.111. The summed E-state index contributed by atoms with van der Waals surface area (Å²) in [4.78, 5) is 16.9. The average molecular weight is 382 g/mol. The predicted octanol–water partition coefficient (Wildman–Crippen LogP) is 4.39. The van der Waals surface area contributed by atoms with E-state index in [2.05, 4.69) is 10.3 Å². The van der Waals surface area contributed by atoms with Gasteiger partial charge in [-0.15, -0.1) is 12.4 Å². The van der Waals surface area contributed by atoms with Crippen LogP contribution in [0.2, 0.25) is 0 Å². The second-order valence-corrected chi connectivity index (χ2v) is 5.41. The molecule has 0 aliphatic heterocycles. The van der Waals surface area contributed by atoms with Crippen molar-refractivity contribution in [3.8, 4) is 0 Å². The van der Waals surface area contributed by atoms with E-state index in [0.29, 0.717) is 16.8 Å². The number of anilines is 1. The van der Waals surface area contributed by atoms with Gasteiger partial charge in [-0.3, -0.25) is 9.78 Å². The molecule has 0 spiro atoms. The summed E-state index contributed by atoms with van der Waals surface area (Å²) in [6, 6.07) is 13.0. The van der Waals surface area contributed by atoms with Crippen LogP contribution in [0.3, 0.4) is 0 Å². The van der Waals surface area contributed by atoms with Crippen molar-refractivity contribution >= 4 is 34.9 Å². The van der Waals surface area contributed by atoms with Crippen LogP contribution in [0.5, 0.6) is 0 Å². The second-order valence-electron chi connectivity index (χ2n) is 5.41. The lowest BCUT2D eigenvalue weighted by Crippen LogP contribution is -2.13. The molecule has 0 bridgehead atoms. The Morgan fingerprint density at radius 3 is 2.35 bits per heavy atom. The Morgan fingerprint density at radius 2 is 1.73 bits per heavy atom. The van der Waals surface area contributed by atoms with Crippen LogP contribution < -0.4 is 11.1 Å². The molecule has 8 heteroatoms. The summed E-state index contributed by atoms with van der Waals surface area (Å²) in [6.45, 7) is 0.241. The number of aromatic nitrogens is 1. The van der Waals surface area contributed by atoms with Crippen molar-refractivity contribution in [2.45, 2.75) is 12.7 Å². The number of nitrogens with one attached hydrogen (secondary N) is 1. The number of carbonyl (C=O) groups is 1. The van der Waals surface area contributed by atoms with Crippen LogP contribution in [0.25, 0.3) is 10.9 Å². The number of alkyl halides is 3. The normalized spacial score (nSPS) is 11.1. The minimum atomic E-state index is -4.42. The number of carbonyl (C=O) groups excluding carboxylic acids is 1. The number of para-hydroxylation sites is 1. The Kier molecular flexibility index (Phi) is 5.84. The molecule has 26 heavy (non-hydrogen) atoms. The topological polar surface area (TPSA) is 68.0 Å². The summed E-state index contributed by atoms with van der Waals surface area (Å²) in [5, 5.41) is 3.36. The van der Waals surface area contributed by atoms with E-state index in [1.807, 2.05) is 12.1 Å². The van der Waals surface area contributed by atoms with Gasteiger partial charge in [0, 0.05) is 17.6 Å². The predicted molar refractivity (Wildman–Crippen MR) is 96.3 cm³/mol. The van der Waals surface area contributed by atoms with Crippen molar-refractivity contribution in [1.82, 2.24) is 4.98 Å². The molecule has 4 nitrogen and oxygen atoms in total. The molecule has 0 saturated carbocycles. The summed E-state index contributed by atoms with van der Waals surface area (Å²) in [6.07, 6.45) is -4.42. The molecule has 3 N–H and O–H groups in total. The second kappa shape index (κ2) is 7.72. The quantitative estimate of drug-likeness (QED) is 0.707. The Morgan fingerprint density at radius 1 is 1.04 bits per heavy atom. The molecular formula is C18H15ClF3N3O. The zero-order valence-corrected chi connectivity index (χ0v) is 14.2. The Bertz CT molecular complexity index is 927. The van der Waals surface area contributed by atoms with E-state index in [9.17, 15) is 18.0 Å². The van der Waals surface area contributed by atoms with Crippen molar-refractivity contribution < 1.29 is 18.0 Å². The maximum atomic E-state index is 12.6. The molecule has 0 fully saturated rings. The first-order valence-electron chi connectivity index (χ1n) is 7.46. The molecule has 1 amide bonds. The van der Waals surface area contributed by atoms with E-state index < -0.39 is 17.6 Å². The maximum absolute atomic E-state index is 12.6. The van der Waals surface area contributed by atoms with Gasteiger partial charge in [0.1, 0.15) is 0 Å². The molecule has 0 unspecified atom stereocenters. The molecule has 0 aliphatic carbocycles. The third-order valence-electron chi connectivity index (χ3n) is 3.70. The van der Waals surface area contributed by atoms with Crippen LogP contribution in [0.1, 0.15) is 21.6 Å². The Hall–Kier alpha value is -2.64. The van der Waals surface area contributed by atoms with Crippen LogP contribution in [0.4, 0.5) is 18.9 Å². The molecule has 136 valence electrons. The number of hydrogen-bond acceptors (Lipinski definition) is 3. The summed E-state index contributed by atoms with van der Waals surface area (Å²) in [5.74, 6) is -0.452. The SMILES string of the molecule is Cl.NCc1ccc2cccc(C(=O)Nc3ccc(C(F)(F)F)cc3)c2n1. The molecule has 3 rings (SSSR count). The van der Waals surface area contributed by atoms with Crippen LogP contribution >= 0.6 is 12.4 Å². The van der Waals surface area contributed by atoms with Gasteiger partial charge in [-0.05, 0) is 36.4 Å². The van der Waals surface area contributed by atoms with Gasteiger partial charge in [0.2, 0.25) is 0 Å². The van der Waals surface area contributed by atoms with Crippen LogP contribution in [0, 0.1) is 0 Å². The van der Waals surface area contributed by atoms with Gasteiger partial charge in [0.05, 0.1) is 22.3 Å². The third kappa shape index (κ3) is 4.12. The number of pyridine rings is 1. The van der Waals surface area contributed by atoms with Crippen molar-refractivity contribution in [3.05, 3.63) is 71.4 Å². The minimum Gasteiger partial charge on any atom is -0.325 e. The number of benzene rings is 2. The van der Waals surface area contributed by atoms with E-state index in [1.54, 1.807) is 18.2 Å². The van der Waals surface area contributed by atoms with E-state index >= 15 is 0 Å². The van der Waals surface area contributed by atoms with Gasteiger partial charge in [0.25, 0.3) is 5.91 Å². The van der Waals surface area contributed by atoms with E-state index in [0.717, 1.165) is 17.5 Å². The van der Waals surface area contributed by atoms with Crippen LogP contribution in [-0.2, 0) is 12.7 Å². The average Bonchev–Trinajstić information content (AvgIpc) is 2.60. The molecule has 2 aromatic carbocycles. The summed E-state index contributed by atoms with van der Waals surface area (Å²) in [5.41, 5.74) is 6.54. The highest BCUT2D eigenvalue weighted by molar-refractivity contribution is 6.11. The zero-order valence-electron chi connectivity index (χ0n) is 13.4. The highest BCUT2D eigenvalue weighted by Crippen LogP contribution is 2.30. The van der Waals surface area contributed by atoms with E-state index in [-0.39, 0.29) is 24.6 Å². The van der Waals surface area contributed by atoms with Gasteiger partial charge in [0.15, 0.2) is 0 Å². The molecule has 1 aromatic heterocycles. The fourth-order valence-electron chi connectivity index (χ4n) is 2.43. The lowest BCUT2D eigenvalue weighted by Gasteiger charge is -2.10.